The van der Waals surface area contributed by atoms with Crippen molar-refractivity contribution < 1.29 is 9.59 Å². The molecule has 36 heavy (non-hydrogen) atoms. The molecule has 3 atom stereocenters. The second kappa shape index (κ2) is 12.0. The number of hydrogen-bond donors (Lipinski definition) is 5. The predicted molar refractivity (Wildman–Crippen MR) is 143 cm³/mol. The standard InChI is InChI=1S/C26H28Cl2N6O2/c1-14-10-16(2-3-17(14)13-30)25(35)34-24(32)20-12-18(5-7-23(20)31)33-26(36)19(8-9-29)15-4-6-21(27)22(28)11-15/h4-7,10-12,14,17,19H,2-3,8-9,29,31H2,1H3,(H,33,36)(H2,32,34,35). The molecule has 3 rings (SSSR count). The molecule has 10 heteroatoms. The number of halogens is 2. The number of carbonyl (C=O) groups excluding carboxylic acids is 2. The lowest BCUT2D eigenvalue weighted by atomic mass is 9.82. The summed E-state index contributed by atoms with van der Waals surface area (Å²) in [6.45, 7) is 2.18. The minimum absolute atomic E-state index is 0.0423. The zero-order chi connectivity index (χ0) is 26.4. The molecule has 1 aliphatic carbocycles. The van der Waals surface area contributed by atoms with Crippen LogP contribution in [0.3, 0.4) is 0 Å². The number of nitrogens with zero attached hydrogens (tertiary/aromatic N) is 1. The fraction of sp³-hybridized carbons (Fsp3) is 0.308. The number of benzene rings is 2. The van der Waals surface area contributed by atoms with Crippen LogP contribution in [0.15, 0.2) is 48.0 Å². The van der Waals surface area contributed by atoms with Crippen LogP contribution in [-0.4, -0.2) is 24.2 Å². The normalized spacial score (nSPS) is 17.9. The largest absolute Gasteiger partial charge is 0.398 e. The van der Waals surface area contributed by atoms with Gasteiger partial charge < -0.3 is 22.1 Å². The first-order valence-electron chi connectivity index (χ1n) is 11.5. The van der Waals surface area contributed by atoms with Crippen molar-refractivity contribution in [1.82, 2.24) is 5.32 Å². The second-order valence-corrected chi connectivity index (χ2v) is 9.56. The molecule has 0 spiro atoms. The topological polar surface area (TPSA) is 158 Å². The number of nitriles is 1. The van der Waals surface area contributed by atoms with Crippen LogP contribution in [0.2, 0.25) is 10.0 Å². The summed E-state index contributed by atoms with van der Waals surface area (Å²) in [7, 11) is 0. The average molecular weight is 527 g/mol. The molecule has 3 unspecified atom stereocenters. The summed E-state index contributed by atoms with van der Waals surface area (Å²) in [6.07, 6.45) is 3.22. The molecule has 1 aliphatic rings. The van der Waals surface area contributed by atoms with E-state index in [0.717, 1.165) is 0 Å². The first-order valence-corrected chi connectivity index (χ1v) is 12.3. The molecule has 0 fully saturated rings. The number of nitrogens with two attached hydrogens (primary N) is 2. The van der Waals surface area contributed by atoms with E-state index >= 15 is 0 Å². The minimum atomic E-state index is -0.567. The molecule has 0 heterocycles. The van der Waals surface area contributed by atoms with E-state index in [4.69, 9.17) is 40.1 Å². The van der Waals surface area contributed by atoms with Crippen molar-refractivity contribution in [3.63, 3.8) is 0 Å². The highest BCUT2D eigenvalue weighted by atomic mass is 35.5. The Kier molecular flexibility index (Phi) is 9.10. The van der Waals surface area contributed by atoms with Gasteiger partial charge in [0.05, 0.1) is 28.0 Å². The van der Waals surface area contributed by atoms with Crippen LogP contribution in [0.5, 0.6) is 0 Å². The lowest BCUT2D eigenvalue weighted by molar-refractivity contribution is -0.118. The fourth-order valence-electron chi connectivity index (χ4n) is 4.15. The van der Waals surface area contributed by atoms with E-state index in [2.05, 4.69) is 16.7 Å². The Hall–Kier alpha value is -3.38. The molecular formula is C26H28Cl2N6O2. The summed E-state index contributed by atoms with van der Waals surface area (Å²) in [5.41, 5.74) is 14.0. The molecule has 2 amide bonds. The predicted octanol–water partition coefficient (Wildman–Crippen LogP) is 4.58. The van der Waals surface area contributed by atoms with Gasteiger partial charge in [-0.2, -0.15) is 5.26 Å². The molecule has 7 N–H and O–H groups in total. The van der Waals surface area contributed by atoms with E-state index in [1.54, 1.807) is 36.4 Å². The number of amidine groups is 1. The molecule has 188 valence electrons. The van der Waals surface area contributed by atoms with Gasteiger partial charge in [-0.25, -0.2) is 0 Å². The molecular weight excluding hydrogens is 499 g/mol. The van der Waals surface area contributed by atoms with Crippen molar-refractivity contribution in [2.75, 3.05) is 17.6 Å². The zero-order valence-corrected chi connectivity index (χ0v) is 21.3. The van der Waals surface area contributed by atoms with Gasteiger partial charge in [0.25, 0.3) is 5.91 Å². The molecule has 0 aliphatic heterocycles. The van der Waals surface area contributed by atoms with Crippen molar-refractivity contribution >= 4 is 52.2 Å². The number of carbonyl (C=O) groups is 2. The number of allylic oxidation sites excluding steroid dienone is 1. The van der Waals surface area contributed by atoms with E-state index in [0.29, 0.717) is 46.1 Å². The van der Waals surface area contributed by atoms with Crippen molar-refractivity contribution in [3.8, 4) is 6.07 Å². The first kappa shape index (κ1) is 27.2. The smallest absolute Gasteiger partial charge is 0.252 e. The van der Waals surface area contributed by atoms with Crippen LogP contribution in [0.25, 0.3) is 0 Å². The maximum atomic E-state index is 13.1. The Bertz CT molecular complexity index is 1250. The molecule has 2 aromatic carbocycles. The van der Waals surface area contributed by atoms with Crippen molar-refractivity contribution in [1.29, 1.82) is 10.7 Å². The molecule has 0 saturated carbocycles. The molecule has 0 bridgehead atoms. The number of amides is 2. The Morgan fingerprint density at radius 3 is 2.61 bits per heavy atom. The van der Waals surface area contributed by atoms with Crippen LogP contribution in [0.4, 0.5) is 11.4 Å². The third-order valence-electron chi connectivity index (χ3n) is 6.23. The van der Waals surface area contributed by atoms with Crippen molar-refractivity contribution in [2.24, 2.45) is 17.6 Å². The third kappa shape index (κ3) is 6.43. The van der Waals surface area contributed by atoms with Crippen LogP contribution >= 0.6 is 23.2 Å². The van der Waals surface area contributed by atoms with E-state index in [9.17, 15) is 14.9 Å². The molecule has 8 nitrogen and oxygen atoms in total. The fourth-order valence-corrected chi connectivity index (χ4v) is 4.45. The van der Waals surface area contributed by atoms with Crippen LogP contribution in [0, 0.1) is 28.6 Å². The number of nitrogens with one attached hydrogen (secondary N) is 3. The Morgan fingerprint density at radius 2 is 1.97 bits per heavy atom. The van der Waals surface area contributed by atoms with Gasteiger partial charge in [-0.1, -0.05) is 42.3 Å². The molecule has 2 aromatic rings. The summed E-state index contributed by atoms with van der Waals surface area (Å²) >= 11 is 12.1. The summed E-state index contributed by atoms with van der Waals surface area (Å²) in [5, 5.41) is 23.7. The van der Waals surface area contributed by atoms with Gasteiger partial charge in [0, 0.05) is 22.5 Å². The Morgan fingerprint density at radius 1 is 1.22 bits per heavy atom. The van der Waals surface area contributed by atoms with Crippen LogP contribution in [-0.2, 0) is 9.59 Å². The third-order valence-corrected chi connectivity index (χ3v) is 6.97. The number of anilines is 2. The summed E-state index contributed by atoms with van der Waals surface area (Å²) in [6, 6.07) is 12.0. The van der Waals surface area contributed by atoms with Gasteiger partial charge in [0.2, 0.25) is 5.91 Å². The first-order chi connectivity index (χ1) is 17.1. The summed E-state index contributed by atoms with van der Waals surface area (Å²) < 4.78 is 0. The van der Waals surface area contributed by atoms with E-state index in [1.807, 2.05) is 6.92 Å². The minimum Gasteiger partial charge on any atom is -0.398 e. The van der Waals surface area contributed by atoms with Gasteiger partial charge in [-0.15, -0.1) is 0 Å². The highest BCUT2D eigenvalue weighted by molar-refractivity contribution is 6.42. The lowest BCUT2D eigenvalue weighted by Crippen LogP contribution is -2.33. The summed E-state index contributed by atoms with van der Waals surface area (Å²) in [5.74, 6) is -1.63. The van der Waals surface area contributed by atoms with E-state index in [1.165, 1.54) is 6.07 Å². The van der Waals surface area contributed by atoms with Crippen molar-refractivity contribution in [3.05, 3.63) is 69.2 Å². The Labute approximate surface area is 220 Å². The zero-order valence-electron chi connectivity index (χ0n) is 19.8. The quantitative estimate of drug-likeness (QED) is 0.202. The van der Waals surface area contributed by atoms with Gasteiger partial charge in [0.1, 0.15) is 5.84 Å². The van der Waals surface area contributed by atoms with Gasteiger partial charge in [0.15, 0.2) is 0 Å². The molecule has 0 radical (unpaired) electrons. The molecule has 0 saturated heterocycles. The Balaban J connectivity index is 1.75. The monoisotopic (exact) mass is 526 g/mol. The number of nitrogen functional groups attached to an aromatic ring is 1. The average Bonchev–Trinajstić information content (AvgIpc) is 2.85. The van der Waals surface area contributed by atoms with Gasteiger partial charge >= 0.3 is 0 Å². The lowest BCUT2D eigenvalue weighted by Gasteiger charge is -2.22. The van der Waals surface area contributed by atoms with Gasteiger partial charge in [-0.05, 0) is 67.6 Å². The highest BCUT2D eigenvalue weighted by Gasteiger charge is 2.25. The maximum absolute atomic E-state index is 13.1. The summed E-state index contributed by atoms with van der Waals surface area (Å²) in [4.78, 5) is 25.8. The molecule has 0 aromatic heterocycles. The van der Waals surface area contributed by atoms with E-state index in [-0.39, 0.29) is 41.4 Å². The van der Waals surface area contributed by atoms with Gasteiger partial charge in [-0.3, -0.25) is 15.0 Å². The van der Waals surface area contributed by atoms with Crippen LogP contribution < -0.4 is 22.1 Å². The van der Waals surface area contributed by atoms with Crippen LogP contribution in [0.1, 0.15) is 43.2 Å². The van der Waals surface area contributed by atoms with E-state index < -0.39 is 11.8 Å². The number of rotatable bonds is 7. The maximum Gasteiger partial charge on any atom is 0.252 e. The van der Waals surface area contributed by atoms with Crippen molar-refractivity contribution in [2.45, 2.75) is 32.1 Å². The second-order valence-electron chi connectivity index (χ2n) is 8.75. The number of hydrogen-bond acceptors (Lipinski definition) is 6. The SMILES string of the molecule is CC1C=C(C(=O)NC(=N)c2cc(NC(=O)C(CCN)c3ccc(Cl)c(Cl)c3)ccc2N)CCC1C#N. The highest BCUT2D eigenvalue weighted by Crippen LogP contribution is 2.30.